The Morgan fingerprint density at radius 1 is 1.64 bits per heavy atom. The van der Waals surface area contributed by atoms with Crippen LogP contribution in [-0.2, 0) is 4.79 Å². The second-order valence-electron chi connectivity index (χ2n) is 2.85. The van der Waals surface area contributed by atoms with E-state index in [1.54, 1.807) is 11.9 Å². The first-order valence-corrected chi connectivity index (χ1v) is 3.65. The standard InChI is InChI=1S/C7H16N2O2/c1-5(2)9(3)6(4-8)7(10)11/h5-6H,4,8H2,1-3H3,(H,10,11). The van der Waals surface area contributed by atoms with E-state index in [1.807, 2.05) is 13.8 Å². The maximum Gasteiger partial charge on any atom is 0.322 e. The van der Waals surface area contributed by atoms with E-state index in [0.29, 0.717) is 0 Å². The molecule has 4 nitrogen and oxygen atoms in total. The first kappa shape index (κ1) is 10.4. The second kappa shape index (κ2) is 4.31. The average Bonchev–Trinajstić information content (AvgIpc) is 1.88. The maximum absolute atomic E-state index is 10.6. The Bertz CT molecular complexity index is 136. The number of aliphatic carboxylic acids is 1. The minimum Gasteiger partial charge on any atom is -0.480 e. The first-order chi connectivity index (χ1) is 5.00. The smallest absolute Gasteiger partial charge is 0.322 e. The highest BCUT2D eigenvalue weighted by Gasteiger charge is 2.22. The van der Waals surface area contributed by atoms with E-state index in [-0.39, 0.29) is 12.6 Å². The summed E-state index contributed by atoms with van der Waals surface area (Å²) in [6.45, 7) is 4.03. The van der Waals surface area contributed by atoms with Gasteiger partial charge in [-0.2, -0.15) is 0 Å². The van der Waals surface area contributed by atoms with Crippen molar-refractivity contribution in [3.05, 3.63) is 0 Å². The van der Waals surface area contributed by atoms with Gasteiger partial charge in [0.25, 0.3) is 0 Å². The Labute approximate surface area is 67.0 Å². The predicted molar refractivity (Wildman–Crippen MR) is 43.4 cm³/mol. The molecule has 0 saturated carbocycles. The molecule has 0 rings (SSSR count). The lowest BCUT2D eigenvalue weighted by molar-refractivity contribution is -0.143. The number of carbonyl (C=O) groups is 1. The van der Waals surface area contributed by atoms with Crippen LogP contribution in [0.25, 0.3) is 0 Å². The maximum atomic E-state index is 10.6. The van der Waals surface area contributed by atoms with Gasteiger partial charge in [0.2, 0.25) is 0 Å². The molecule has 0 spiro atoms. The van der Waals surface area contributed by atoms with E-state index >= 15 is 0 Å². The van der Waals surface area contributed by atoms with E-state index < -0.39 is 12.0 Å². The van der Waals surface area contributed by atoms with Gasteiger partial charge in [0.15, 0.2) is 0 Å². The minimum absolute atomic E-state index is 0.157. The van der Waals surface area contributed by atoms with Gasteiger partial charge in [0, 0.05) is 12.6 Å². The number of nitrogens with zero attached hydrogens (tertiary/aromatic N) is 1. The van der Waals surface area contributed by atoms with Crippen LogP contribution in [-0.4, -0.2) is 41.7 Å². The molecule has 1 unspecified atom stereocenters. The quantitative estimate of drug-likeness (QED) is 0.594. The summed E-state index contributed by atoms with van der Waals surface area (Å²) in [4.78, 5) is 12.3. The van der Waals surface area contributed by atoms with Crippen LogP contribution in [0.3, 0.4) is 0 Å². The Morgan fingerprint density at radius 2 is 2.09 bits per heavy atom. The molecule has 0 aromatic rings. The van der Waals surface area contributed by atoms with Crippen LogP contribution in [0.4, 0.5) is 0 Å². The summed E-state index contributed by atoms with van der Waals surface area (Å²) in [6, 6.07) is -0.352. The molecule has 0 aromatic heterocycles. The summed E-state index contributed by atoms with van der Waals surface area (Å²) in [5.41, 5.74) is 5.29. The number of rotatable bonds is 4. The third-order valence-electron chi connectivity index (χ3n) is 1.81. The molecule has 0 aliphatic carbocycles. The number of nitrogens with two attached hydrogens (primary N) is 1. The van der Waals surface area contributed by atoms with Crippen LogP contribution in [0, 0.1) is 0 Å². The molecule has 0 bridgehead atoms. The number of carboxylic acid groups (broad SMARTS) is 1. The Hall–Kier alpha value is -0.610. The molecule has 0 fully saturated rings. The molecule has 0 saturated heterocycles. The van der Waals surface area contributed by atoms with Crippen molar-refractivity contribution < 1.29 is 9.90 Å². The highest BCUT2D eigenvalue weighted by atomic mass is 16.4. The molecule has 0 amide bonds. The van der Waals surface area contributed by atoms with Gasteiger partial charge in [0.05, 0.1) is 0 Å². The van der Waals surface area contributed by atoms with Crippen LogP contribution >= 0.6 is 0 Å². The van der Waals surface area contributed by atoms with Crippen molar-refractivity contribution in [2.24, 2.45) is 5.73 Å². The van der Waals surface area contributed by atoms with Gasteiger partial charge < -0.3 is 10.8 Å². The summed E-state index contributed by atoms with van der Waals surface area (Å²) >= 11 is 0. The monoisotopic (exact) mass is 160 g/mol. The molecule has 0 aliphatic rings. The number of hydrogen-bond donors (Lipinski definition) is 2. The SMILES string of the molecule is CC(C)N(C)C(CN)C(=O)O. The van der Waals surface area contributed by atoms with Crippen molar-refractivity contribution in [1.82, 2.24) is 4.90 Å². The van der Waals surface area contributed by atoms with Crippen LogP contribution in [0.1, 0.15) is 13.8 Å². The van der Waals surface area contributed by atoms with E-state index in [4.69, 9.17) is 10.8 Å². The molecule has 0 aliphatic heterocycles. The van der Waals surface area contributed by atoms with E-state index in [0.717, 1.165) is 0 Å². The van der Waals surface area contributed by atoms with E-state index in [9.17, 15) is 4.79 Å². The molecule has 0 heterocycles. The first-order valence-electron chi connectivity index (χ1n) is 3.65. The summed E-state index contributed by atoms with van der Waals surface area (Å²) < 4.78 is 0. The molecule has 11 heavy (non-hydrogen) atoms. The predicted octanol–water partition coefficient (Wildman–Crippen LogP) is -0.261. The summed E-state index contributed by atoms with van der Waals surface area (Å²) in [5, 5.41) is 8.67. The van der Waals surface area contributed by atoms with E-state index in [1.165, 1.54) is 0 Å². The lowest BCUT2D eigenvalue weighted by Gasteiger charge is -2.26. The highest BCUT2D eigenvalue weighted by molar-refractivity contribution is 5.73. The fraction of sp³-hybridized carbons (Fsp3) is 0.857. The lowest BCUT2D eigenvalue weighted by Crippen LogP contribution is -2.47. The van der Waals surface area contributed by atoms with Gasteiger partial charge >= 0.3 is 5.97 Å². The zero-order valence-corrected chi connectivity index (χ0v) is 7.24. The van der Waals surface area contributed by atoms with Crippen molar-refractivity contribution in [1.29, 1.82) is 0 Å². The second-order valence-corrected chi connectivity index (χ2v) is 2.85. The summed E-state index contributed by atoms with van der Waals surface area (Å²) in [6.07, 6.45) is 0. The molecule has 0 aromatic carbocycles. The molecule has 4 heteroatoms. The molecule has 1 atom stereocenters. The lowest BCUT2D eigenvalue weighted by atomic mass is 10.2. The highest BCUT2D eigenvalue weighted by Crippen LogP contribution is 2.00. The van der Waals surface area contributed by atoms with Gasteiger partial charge in [-0.1, -0.05) is 0 Å². The van der Waals surface area contributed by atoms with Gasteiger partial charge in [0.1, 0.15) is 6.04 Å². The normalized spacial score (nSPS) is 14.0. The van der Waals surface area contributed by atoms with Crippen molar-refractivity contribution in [2.45, 2.75) is 25.9 Å². The molecule has 66 valence electrons. The Balaban J connectivity index is 4.14. The average molecular weight is 160 g/mol. The largest absolute Gasteiger partial charge is 0.480 e. The minimum atomic E-state index is -0.858. The van der Waals surface area contributed by atoms with Crippen LogP contribution in [0.5, 0.6) is 0 Å². The number of hydrogen-bond acceptors (Lipinski definition) is 3. The summed E-state index contributed by atoms with van der Waals surface area (Å²) in [5.74, 6) is -0.858. The van der Waals surface area contributed by atoms with Crippen LogP contribution < -0.4 is 5.73 Å². The molecular formula is C7H16N2O2. The Kier molecular flexibility index (Phi) is 4.07. The van der Waals surface area contributed by atoms with Crippen molar-refractivity contribution >= 4 is 5.97 Å². The van der Waals surface area contributed by atoms with Crippen molar-refractivity contribution in [3.8, 4) is 0 Å². The van der Waals surface area contributed by atoms with Gasteiger partial charge in [-0.15, -0.1) is 0 Å². The fourth-order valence-corrected chi connectivity index (χ4v) is 0.801. The van der Waals surface area contributed by atoms with Crippen molar-refractivity contribution in [3.63, 3.8) is 0 Å². The number of carboxylic acids is 1. The third kappa shape index (κ3) is 2.86. The molecular weight excluding hydrogens is 144 g/mol. The zero-order chi connectivity index (χ0) is 9.02. The van der Waals surface area contributed by atoms with E-state index in [2.05, 4.69) is 0 Å². The zero-order valence-electron chi connectivity index (χ0n) is 7.24. The van der Waals surface area contributed by atoms with Crippen LogP contribution in [0.15, 0.2) is 0 Å². The molecule has 3 N–H and O–H groups in total. The van der Waals surface area contributed by atoms with Gasteiger partial charge in [-0.3, -0.25) is 9.69 Å². The Morgan fingerprint density at radius 3 is 2.18 bits per heavy atom. The number of likely N-dealkylation sites (N-methyl/N-ethyl adjacent to an activating group) is 1. The molecule has 0 radical (unpaired) electrons. The topological polar surface area (TPSA) is 66.6 Å². The third-order valence-corrected chi connectivity index (χ3v) is 1.81. The summed E-state index contributed by atoms with van der Waals surface area (Å²) in [7, 11) is 1.76. The van der Waals surface area contributed by atoms with Crippen LogP contribution in [0.2, 0.25) is 0 Å². The van der Waals surface area contributed by atoms with Crippen molar-refractivity contribution in [2.75, 3.05) is 13.6 Å². The van der Waals surface area contributed by atoms with Gasteiger partial charge in [-0.25, -0.2) is 0 Å². The fourth-order valence-electron chi connectivity index (χ4n) is 0.801. The van der Waals surface area contributed by atoms with Gasteiger partial charge in [-0.05, 0) is 20.9 Å².